The maximum absolute atomic E-state index is 9.62. The van der Waals surface area contributed by atoms with Crippen LogP contribution in [0.1, 0.15) is 38.2 Å². The van der Waals surface area contributed by atoms with Gasteiger partial charge in [-0.2, -0.15) is 0 Å². The van der Waals surface area contributed by atoms with Crippen LogP contribution in [-0.2, 0) is 11.3 Å². The highest BCUT2D eigenvalue weighted by Gasteiger charge is 2.19. The van der Waals surface area contributed by atoms with E-state index in [2.05, 4.69) is 22.5 Å². The highest BCUT2D eigenvalue weighted by molar-refractivity contribution is 14.0. The van der Waals surface area contributed by atoms with E-state index in [-0.39, 0.29) is 30.1 Å². The summed E-state index contributed by atoms with van der Waals surface area (Å²) in [6.07, 6.45) is 3.56. The number of rotatable bonds is 8. The van der Waals surface area contributed by atoms with Crippen molar-refractivity contribution in [2.24, 2.45) is 4.99 Å². The lowest BCUT2D eigenvalue weighted by molar-refractivity contribution is 0.120. The SMILES string of the molecule is CCNC(=NCc1ccc(OCCOC)cc1)NC1CCC(O)CC1.I. The van der Waals surface area contributed by atoms with Crippen LogP contribution in [0.3, 0.4) is 0 Å². The zero-order valence-corrected chi connectivity index (χ0v) is 18.1. The van der Waals surface area contributed by atoms with Crippen LogP contribution in [0.4, 0.5) is 0 Å². The molecule has 148 valence electrons. The summed E-state index contributed by atoms with van der Waals surface area (Å²) < 4.78 is 10.5. The van der Waals surface area contributed by atoms with Crippen molar-refractivity contribution < 1.29 is 14.6 Å². The predicted molar refractivity (Wildman–Crippen MR) is 115 cm³/mol. The first-order valence-electron chi connectivity index (χ1n) is 9.15. The number of aliphatic hydroxyl groups excluding tert-OH is 1. The van der Waals surface area contributed by atoms with E-state index >= 15 is 0 Å². The molecule has 0 aliphatic heterocycles. The lowest BCUT2D eigenvalue weighted by atomic mass is 9.93. The Bertz CT molecular complexity index is 517. The van der Waals surface area contributed by atoms with Gasteiger partial charge in [-0.15, -0.1) is 24.0 Å². The Morgan fingerprint density at radius 3 is 2.46 bits per heavy atom. The Balaban J connectivity index is 0.00000338. The summed E-state index contributed by atoms with van der Waals surface area (Å²) in [4.78, 5) is 4.67. The Hall–Kier alpha value is -1.06. The molecule has 1 aliphatic carbocycles. The first-order chi connectivity index (χ1) is 12.2. The van der Waals surface area contributed by atoms with Gasteiger partial charge < -0.3 is 25.2 Å². The molecule has 6 nitrogen and oxygen atoms in total. The topological polar surface area (TPSA) is 75.1 Å². The minimum absolute atomic E-state index is 0. The normalized spacial score (nSPS) is 20.2. The van der Waals surface area contributed by atoms with E-state index in [1.54, 1.807) is 7.11 Å². The van der Waals surface area contributed by atoms with Gasteiger partial charge in [0.05, 0.1) is 19.3 Å². The van der Waals surface area contributed by atoms with Crippen molar-refractivity contribution in [2.75, 3.05) is 26.9 Å². The Morgan fingerprint density at radius 2 is 1.85 bits per heavy atom. The van der Waals surface area contributed by atoms with Crippen LogP contribution in [0.15, 0.2) is 29.3 Å². The van der Waals surface area contributed by atoms with E-state index in [1.165, 1.54) is 0 Å². The molecule has 0 unspecified atom stereocenters. The van der Waals surface area contributed by atoms with Crippen molar-refractivity contribution >= 4 is 29.9 Å². The van der Waals surface area contributed by atoms with Gasteiger partial charge in [-0.3, -0.25) is 0 Å². The molecule has 0 amide bonds. The fraction of sp³-hybridized carbons (Fsp3) is 0.632. The number of hydrogen-bond donors (Lipinski definition) is 3. The third kappa shape index (κ3) is 8.55. The van der Waals surface area contributed by atoms with Crippen LogP contribution in [0.5, 0.6) is 5.75 Å². The molecular formula is C19H32IN3O3. The molecule has 1 aromatic carbocycles. The highest BCUT2D eigenvalue weighted by atomic mass is 127. The maximum atomic E-state index is 9.62. The van der Waals surface area contributed by atoms with Gasteiger partial charge in [-0.25, -0.2) is 4.99 Å². The molecular weight excluding hydrogens is 445 g/mol. The van der Waals surface area contributed by atoms with Crippen LogP contribution in [-0.4, -0.2) is 50.1 Å². The van der Waals surface area contributed by atoms with Gasteiger partial charge in [-0.05, 0) is 50.3 Å². The van der Waals surface area contributed by atoms with Crippen molar-refractivity contribution in [2.45, 2.75) is 51.3 Å². The van der Waals surface area contributed by atoms with E-state index in [0.29, 0.717) is 25.8 Å². The van der Waals surface area contributed by atoms with E-state index in [0.717, 1.165) is 49.5 Å². The maximum Gasteiger partial charge on any atom is 0.191 e. The summed E-state index contributed by atoms with van der Waals surface area (Å²) in [5.74, 6) is 1.68. The number of nitrogens with one attached hydrogen (secondary N) is 2. The molecule has 0 radical (unpaired) electrons. The molecule has 1 aromatic rings. The number of halogens is 1. The summed E-state index contributed by atoms with van der Waals surface area (Å²) in [6, 6.07) is 8.38. The largest absolute Gasteiger partial charge is 0.491 e. The van der Waals surface area contributed by atoms with Crippen molar-refractivity contribution in [3.63, 3.8) is 0 Å². The van der Waals surface area contributed by atoms with Gasteiger partial charge in [0.15, 0.2) is 5.96 Å². The molecule has 3 N–H and O–H groups in total. The molecule has 0 spiro atoms. The number of nitrogens with zero attached hydrogens (tertiary/aromatic N) is 1. The molecule has 0 bridgehead atoms. The van der Waals surface area contributed by atoms with E-state index in [9.17, 15) is 5.11 Å². The lowest BCUT2D eigenvalue weighted by Gasteiger charge is -2.27. The van der Waals surface area contributed by atoms with Gasteiger partial charge in [0, 0.05) is 19.7 Å². The summed E-state index contributed by atoms with van der Waals surface area (Å²) >= 11 is 0. The number of hydrogen-bond acceptors (Lipinski definition) is 4. The highest BCUT2D eigenvalue weighted by Crippen LogP contribution is 2.18. The fourth-order valence-electron chi connectivity index (χ4n) is 2.84. The van der Waals surface area contributed by atoms with Crippen LogP contribution in [0.25, 0.3) is 0 Å². The number of methoxy groups -OCH3 is 1. The molecule has 0 aromatic heterocycles. The van der Waals surface area contributed by atoms with Gasteiger partial charge in [0.25, 0.3) is 0 Å². The number of aliphatic hydroxyl groups is 1. The second-order valence-corrected chi connectivity index (χ2v) is 6.33. The molecule has 0 heterocycles. The molecule has 7 heteroatoms. The zero-order valence-electron chi connectivity index (χ0n) is 15.7. The standard InChI is InChI=1S/C19H31N3O3.HI/c1-3-20-19(22-16-6-8-17(23)9-7-16)21-14-15-4-10-18(11-5-15)25-13-12-24-2;/h4-5,10-11,16-17,23H,3,6-9,12-14H2,1-2H3,(H2,20,21,22);1H. The van der Waals surface area contributed by atoms with Crippen LogP contribution < -0.4 is 15.4 Å². The third-order valence-electron chi connectivity index (χ3n) is 4.28. The predicted octanol–water partition coefficient (Wildman–Crippen LogP) is 2.69. The van der Waals surface area contributed by atoms with E-state index in [4.69, 9.17) is 9.47 Å². The first-order valence-corrected chi connectivity index (χ1v) is 9.15. The number of aliphatic imine (C=N–C) groups is 1. The van der Waals surface area contributed by atoms with Crippen molar-refractivity contribution in [1.82, 2.24) is 10.6 Å². The number of benzene rings is 1. The quantitative estimate of drug-likeness (QED) is 0.233. The first kappa shape index (κ1) is 23.0. The molecule has 0 saturated heterocycles. The monoisotopic (exact) mass is 477 g/mol. The molecule has 1 aliphatic rings. The van der Waals surface area contributed by atoms with E-state index in [1.807, 2.05) is 24.3 Å². The summed E-state index contributed by atoms with van der Waals surface area (Å²) in [5, 5.41) is 16.4. The van der Waals surface area contributed by atoms with Crippen LogP contribution in [0.2, 0.25) is 0 Å². The molecule has 1 saturated carbocycles. The molecule has 0 atom stereocenters. The minimum atomic E-state index is -0.137. The minimum Gasteiger partial charge on any atom is -0.491 e. The Morgan fingerprint density at radius 1 is 1.15 bits per heavy atom. The summed E-state index contributed by atoms with van der Waals surface area (Å²) in [5.41, 5.74) is 1.13. The van der Waals surface area contributed by atoms with Crippen molar-refractivity contribution in [3.8, 4) is 5.75 Å². The number of ether oxygens (including phenoxy) is 2. The lowest BCUT2D eigenvalue weighted by Crippen LogP contribution is -2.45. The number of guanidine groups is 1. The molecule has 2 rings (SSSR count). The van der Waals surface area contributed by atoms with Crippen molar-refractivity contribution in [1.29, 1.82) is 0 Å². The van der Waals surface area contributed by atoms with Crippen molar-refractivity contribution in [3.05, 3.63) is 29.8 Å². The van der Waals surface area contributed by atoms with Gasteiger partial charge in [0.2, 0.25) is 0 Å². The second kappa shape index (κ2) is 13.2. The average molecular weight is 477 g/mol. The summed E-state index contributed by atoms with van der Waals surface area (Å²) in [7, 11) is 1.66. The fourth-order valence-corrected chi connectivity index (χ4v) is 2.84. The van der Waals surface area contributed by atoms with Gasteiger partial charge >= 0.3 is 0 Å². The molecule has 26 heavy (non-hydrogen) atoms. The van der Waals surface area contributed by atoms with Gasteiger partial charge in [0.1, 0.15) is 12.4 Å². The smallest absolute Gasteiger partial charge is 0.191 e. The Labute approximate surface area is 173 Å². The Kier molecular flexibility index (Phi) is 11.6. The second-order valence-electron chi connectivity index (χ2n) is 6.33. The zero-order chi connectivity index (χ0) is 17.9. The average Bonchev–Trinajstić information content (AvgIpc) is 2.63. The summed E-state index contributed by atoms with van der Waals surface area (Å²) in [6.45, 7) is 4.64. The molecule has 1 fully saturated rings. The van der Waals surface area contributed by atoms with E-state index < -0.39 is 0 Å². The van der Waals surface area contributed by atoms with Gasteiger partial charge in [-0.1, -0.05) is 12.1 Å². The van der Waals surface area contributed by atoms with Crippen LogP contribution in [0, 0.1) is 0 Å². The van der Waals surface area contributed by atoms with Crippen LogP contribution >= 0.6 is 24.0 Å². The third-order valence-corrected chi connectivity index (χ3v) is 4.28.